The molecule has 1 aromatic heterocycles. The van der Waals surface area contributed by atoms with E-state index in [4.69, 9.17) is 14.2 Å². The zero-order valence-corrected chi connectivity index (χ0v) is 16.1. The Morgan fingerprint density at radius 1 is 1.15 bits per heavy atom. The van der Waals surface area contributed by atoms with Gasteiger partial charge in [-0.05, 0) is 29.8 Å². The zero-order chi connectivity index (χ0) is 19.8. The first kappa shape index (κ1) is 20.0. The van der Waals surface area contributed by atoms with E-state index >= 15 is 0 Å². The first-order chi connectivity index (χ1) is 13.0. The van der Waals surface area contributed by atoms with Gasteiger partial charge < -0.3 is 24.4 Å². The molecule has 0 aliphatic rings. The maximum absolute atomic E-state index is 12.1. The van der Waals surface area contributed by atoms with Crippen LogP contribution >= 0.6 is 0 Å². The highest BCUT2D eigenvalue weighted by Gasteiger charge is 2.12. The quantitative estimate of drug-likeness (QED) is 0.708. The second-order valence-corrected chi connectivity index (χ2v) is 5.74. The molecule has 8 heteroatoms. The smallest absolute Gasteiger partial charge is 0.244 e. The first-order valence-corrected chi connectivity index (χ1v) is 8.23. The Morgan fingerprint density at radius 3 is 2.37 bits per heavy atom. The van der Waals surface area contributed by atoms with Crippen LogP contribution in [0.5, 0.6) is 17.2 Å². The molecule has 0 saturated heterocycles. The Morgan fingerprint density at radius 2 is 1.81 bits per heavy atom. The van der Waals surface area contributed by atoms with E-state index in [9.17, 15) is 4.79 Å². The average molecular weight is 372 g/mol. The number of amides is 1. The fourth-order valence-electron chi connectivity index (χ4n) is 2.32. The number of carbonyl (C=O) groups is 1. The Balaban J connectivity index is 2.05. The highest BCUT2D eigenvalue weighted by atomic mass is 16.5. The summed E-state index contributed by atoms with van der Waals surface area (Å²) in [4.78, 5) is 22.5. The summed E-state index contributed by atoms with van der Waals surface area (Å²) >= 11 is 0. The van der Waals surface area contributed by atoms with E-state index in [-0.39, 0.29) is 12.5 Å². The van der Waals surface area contributed by atoms with Crippen LogP contribution in [0.3, 0.4) is 0 Å². The molecule has 144 valence electrons. The van der Waals surface area contributed by atoms with Gasteiger partial charge >= 0.3 is 0 Å². The van der Waals surface area contributed by atoms with Crippen molar-refractivity contribution < 1.29 is 19.0 Å². The van der Waals surface area contributed by atoms with E-state index in [1.807, 2.05) is 19.0 Å². The van der Waals surface area contributed by atoms with Crippen molar-refractivity contribution in [1.82, 2.24) is 15.3 Å². The molecule has 2 aromatic rings. The van der Waals surface area contributed by atoms with Crippen molar-refractivity contribution in [3.8, 4) is 17.2 Å². The molecular weight excluding hydrogens is 348 g/mol. The summed E-state index contributed by atoms with van der Waals surface area (Å²) in [5.74, 6) is 2.59. The summed E-state index contributed by atoms with van der Waals surface area (Å²) in [5.41, 5.74) is 0.741. The molecule has 8 nitrogen and oxygen atoms in total. The number of carbonyl (C=O) groups excluding carboxylic acids is 1. The molecule has 1 heterocycles. The Hall–Kier alpha value is -3.29. The van der Waals surface area contributed by atoms with Crippen LogP contribution in [0.1, 0.15) is 11.4 Å². The van der Waals surface area contributed by atoms with E-state index in [0.29, 0.717) is 23.1 Å². The molecule has 0 aliphatic carbocycles. The zero-order valence-electron chi connectivity index (χ0n) is 16.1. The van der Waals surface area contributed by atoms with Gasteiger partial charge in [0.1, 0.15) is 11.6 Å². The molecule has 27 heavy (non-hydrogen) atoms. The Bertz CT molecular complexity index is 796. The van der Waals surface area contributed by atoms with Gasteiger partial charge in [0.15, 0.2) is 11.5 Å². The van der Waals surface area contributed by atoms with Crippen LogP contribution in [0.2, 0.25) is 0 Å². The lowest BCUT2D eigenvalue weighted by molar-refractivity contribution is -0.116. The summed E-state index contributed by atoms with van der Waals surface area (Å²) in [6.45, 7) is 0.236. The van der Waals surface area contributed by atoms with Crippen molar-refractivity contribution >= 4 is 17.8 Å². The number of nitrogens with zero attached hydrogens (tertiary/aromatic N) is 3. The van der Waals surface area contributed by atoms with E-state index in [1.165, 1.54) is 13.2 Å². The third kappa shape index (κ3) is 5.34. The number of hydrogen-bond acceptors (Lipinski definition) is 7. The summed E-state index contributed by atoms with van der Waals surface area (Å²) in [5, 5.41) is 2.76. The second-order valence-electron chi connectivity index (χ2n) is 5.74. The fraction of sp³-hybridized carbons (Fsp3) is 0.316. The van der Waals surface area contributed by atoms with Gasteiger partial charge in [-0.1, -0.05) is 0 Å². The minimum atomic E-state index is -0.261. The summed E-state index contributed by atoms with van der Waals surface area (Å²) in [7, 11) is 8.41. The normalized spacial score (nSPS) is 10.6. The largest absolute Gasteiger partial charge is 0.493 e. The third-order valence-corrected chi connectivity index (χ3v) is 3.68. The second kappa shape index (κ2) is 9.42. The standard InChI is InChI=1S/C19H24N4O4/c1-23(2)17-8-9-20-16(22-17)12-21-18(24)7-6-13-10-14(25-3)19(27-5)15(11-13)26-4/h6-11H,12H2,1-5H3,(H,21,24)/b7-6+. The van der Waals surface area contributed by atoms with Crippen molar-refractivity contribution in [2.24, 2.45) is 0 Å². The number of methoxy groups -OCH3 is 3. The summed E-state index contributed by atoms with van der Waals surface area (Å²) < 4.78 is 15.9. The number of ether oxygens (including phenoxy) is 3. The van der Waals surface area contributed by atoms with Gasteiger partial charge in [0.05, 0.1) is 27.9 Å². The fourth-order valence-corrected chi connectivity index (χ4v) is 2.32. The van der Waals surface area contributed by atoms with Crippen LogP contribution in [0, 0.1) is 0 Å². The molecule has 0 spiro atoms. The van der Waals surface area contributed by atoms with Gasteiger partial charge in [0.25, 0.3) is 0 Å². The van der Waals surface area contributed by atoms with Crippen molar-refractivity contribution in [1.29, 1.82) is 0 Å². The molecule has 0 unspecified atom stereocenters. The van der Waals surface area contributed by atoms with Crippen LogP contribution in [0.25, 0.3) is 6.08 Å². The number of benzene rings is 1. The van der Waals surface area contributed by atoms with Gasteiger partial charge in [0, 0.05) is 26.4 Å². The summed E-state index contributed by atoms with van der Waals surface area (Å²) in [6, 6.07) is 5.32. The maximum atomic E-state index is 12.1. The highest BCUT2D eigenvalue weighted by Crippen LogP contribution is 2.38. The van der Waals surface area contributed by atoms with E-state index in [1.54, 1.807) is 44.7 Å². The van der Waals surface area contributed by atoms with E-state index < -0.39 is 0 Å². The molecule has 0 fully saturated rings. The SMILES string of the molecule is COc1cc(/C=C/C(=O)NCc2nccc(N(C)C)n2)cc(OC)c1OC. The number of nitrogens with one attached hydrogen (secondary N) is 1. The minimum Gasteiger partial charge on any atom is -0.493 e. The number of rotatable bonds is 8. The molecule has 1 amide bonds. The van der Waals surface area contributed by atoms with Gasteiger partial charge in [-0.25, -0.2) is 9.97 Å². The molecule has 0 saturated carbocycles. The predicted molar refractivity (Wildman–Crippen MR) is 103 cm³/mol. The van der Waals surface area contributed by atoms with Crippen molar-refractivity contribution in [3.63, 3.8) is 0 Å². The van der Waals surface area contributed by atoms with Crippen LogP contribution in [-0.2, 0) is 11.3 Å². The van der Waals surface area contributed by atoms with Crippen molar-refractivity contribution in [2.45, 2.75) is 6.54 Å². The van der Waals surface area contributed by atoms with Gasteiger partial charge in [-0.2, -0.15) is 0 Å². The van der Waals surface area contributed by atoms with Gasteiger partial charge in [-0.15, -0.1) is 0 Å². The Kier molecular flexibility index (Phi) is 6.99. The monoisotopic (exact) mass is 372 g/mol. The minimum absolute atomic E-state index is 0.236. The van der Waals surface area contributed by atoms with E-state index in [0.717, 1.165) is 11.4 Å². The maximum Gasteiger partial charge on any atom is 0.244 e. The van der Waals surface area contributed by atoms with E-state index in [2.05, 4.69) is 15.3 Å². The van der Waals surface area contributed by atoms with Crippen LogP contribution in [0.4, 0.5) is 5.82 Å². The number of anilines is 1. The molecule has 0 atom stereocenters. The highest BCUT2D eigenvalue weighted by molar-refractivity contribution is 5.91. The molecular formula is C19H24N4O4. The first-order valence-electron chi connectivity index (χ1n) is 8.23. The molecule has 0 radical (unpaired) electrons. The molecule has 1 N–H and O–H groups in total. The van der Waals surface area contributed by atoms with Crippen LogP contribution in [0.15, 0.2) is 30.5 Å². The third-order valence-electron chi connectivity index (χ3n) is 3.68. The lowest BCUT2D eigenvalue weighted by Crippen LogP contribution is -2.22. The summed E-state index contributed by atoms with van der Waals surface area (Å²) in [6.07, 6.45) is 4.75. The lowest BCUT2D eigenvalue weighted by Gasteiger charge is -2.12. The number of aromatic nitrogens is 2. The molecule has 2 rings (SSSR count). The topological polar surface area (TPSA) is 85.8 Å². The van der Waals surface area contributed by atoms with Crippen molar-refractivity contribution in [3.05, 3.63) is 41.9 Å². The molecule has 0 aliphatic heterocycles. The average Bonchev–Trinajstić information content (AvgIpc) is 2.69. The van der Waals surface area contributed by atoms with Crippen molar-refractivity contribution in [2.75, 3.05) is 40.3 Å². The van der Waals surface area contributed by atoms with Gasteiger partial charge in [-0.3, -0.25) is 4.79 Å². The van der Waals surface area contributed by atoms with Crippen LogP contribution in [-0.4, -0.2) is 51.3 Å². The molecule has 0 bridgehead atoms. The Labute approximate surface area is 158 Å². The lowest BCUT2D eigenvalue weighted by atomic mass is 10.1. The van der Waals surface area contributed by atoms with Gasteiger partial charge in [0.2, 0.25) is 11.7 Å². The number of hydrogen-bond donors (Lipinski definition) is 1. The molecule has 1 aromatic carbocycles. The van der Waals surface area contributed by atoms with Crippen LogP contribution < -0.4 is 24.4 Å². The predicted octanol–water partition coefficient (Wildman–Crippen LogP) is 1.90.